The number of amides is 2. The van der Waals surface area contributed by atoms with Gasteiger partial charge in [-0.3, -0.25) is 14.5 Å². The Bertz CT molecular complexity index is 1060. The molecule has 0 aromatic heterocycles. The van der Waals surface area contributed by atoms with Crippen molar-refractivity contribution in [1.82, 2.24) is 9.80 Å². The summed E-state index contributed by atoms with van der Waals surface area (Å²) in [5.74, 6) is -0.342. The van der Waals surface area contributed by atoms with Crippen LogP contribution in [-0.4, -0.2) is 54.3 Å². The molecule has 6 nitrogen and oxygen atoms in total. The molecule has 4 rings (SSSR count). The number of nitrogens with two attached hydrogens (primary N) is 1. The van der Waals surface area contributed by atoms with Crippen molar-refractivity contribution in [3.63, 3.8) is 0 Å². The predicted molar refractivity (Wildman–Crippen MR) is 128 cm³/mol. The van der Waals surface area contributed by atoms with Crippen LogP contribution in [-0.2, 0) is 24.1 Å². The monoisotopic (exact) mass is 488 g/mol. The molecule has 2 aliphatic rings. The van der Waals surface area contributed by atoms with Gasteiger partial charge in [0.25, 0.3) is 0 Å². The number of nitrogens with zero attached hydrogens (tertiary/aromatic N) is 3. The highest BCUT2D eigenvalue weighted by molar-refractivity contribution is 5.93. The van der Waals surface area contributed by atoms with Crippen molar-refractivity contribution >= 4 is 17.5 Å². The maximum absolute atomic E-state index is 13.0. The smallest absolute Gasteiger partial charge is 0.369 e. The number of alkyl halides is 3. The van der Waals surface area contributed by atoms with Gasteiger partial charge in [-0.2, -0.15) is 13.2 Å². The van der Waals surface area contributed by atoms with E-state index in [1.807, 2.05) is 15.9 Å². The Labute approximate surface area is 203 Å². The molecule has 1 saturated heterocycles. The van der Waals surface area contributed by atoms with E-state index in [-0.39, 0.29) is 5.91 Å². The number of halogens is 3. The number of unbranched alkanes of at least 4 members (excludes halogenated alkanes) is 2. The SMILES string of the molecule is NC(=O)c1ccc2c(c1)CN(C(=O)CCCCCN1CCN(c3cccc(C(F)(F)F)c3)CC1)C2. The Kier molecular flexibility index (Phi) is 7.64. The third-order valence-electron chi connectivity index (χ3n) is 6.84. The maximum atomic E-state index is 13.0. The van der Waals surface area contributed by atoms with Crippen molar-refractivity contribution in [1.29, 1.82) is 0 Å². The first-order valence-corrected chi connectivity index (χ1v) is 12.0. The molecule has 2 N–H and O–H groups in total. The molecule has 188 valence electrons. The lowest BCUT2D eigenvalue weighted by atomic mass is 10.1. The summed E-state index contributed by atoms with van der Waals surface area (Å²) in [5.41, 5.74) is 7.86. The number of benzene rings is 2. The first-order valence-electron chi connectivity index (χ1n) is 12.0. The Morgan fingerprint density at radius 3 is 2.34 bits per heavy atom. The van der Waals surface area contributed by atoms with Crippen molar-refractivity contribution < 1.29 is 22.8 Å². The minimum Gasteiger partial charge on any atom is -0.369 e. The molecule has 2 aromatic rings. The average molecular weight is 489 g/mol. The van der Waals surface area contributed by atoms with Gasteiger partial charge in [0.2, 0.25) is 11.8 Å². The van der Waals surface area contributed by atoms with Gasteiger partial charge in [-0.05, 0) is 60.8 Å². The molecule has 2 amide bonds. The topological polar surface area (TPSA) is 69.9 Å². The zero-order valence-corrected chi connectivity index (χ0v) is 19.7. The molecule has 0 aliphatic carbocycles. The Morgan fingerprint density at radius 1 is 0.886 bits per heavy atom. The van der Waals surface area contributed by atoms with Crippen LogP contribution in [0.5, 0.6) is 0 Å². The first-order chi connectivity index (χ1) is 16.7. The third kappa shape index (κ3) is 6.33. The van der Waals surface area contributed by atoms with Crippen molar-refractivity contribution in [2.45, 2.75) is 44.9 Å². The van der Waals surface area contributed by atoms with Crippen LogP contribution >= 0.6 is 0 Å². The van der Waals surface area contributed by atoms with Crippen LogP contribution in [0.15, 0.2) is 42.5 Å². The van der Waals surface area contributed by atoms with Gasteiger partial charge in [-0.15, -0.1) is 0 Å². The van der Waals surface area contributed by atoms with Crippen molar-refractivity contribution in [3.8, 4) is 0 Å². The van der Waals surface area contributed by atoms with Gasteiger partial charge in [0.1, 0.15) is 0 Å². The average Bonchev–Trinajstić information content (AvgIpc) is 3.27. The number of primary amides is 1. The van der Waals surface area contributed by atoms with E-state index >= 15 is 0 Å². The predicted octanol–water partition coefficient (Wildman–Crippen LogP) is 4.03. The number of carbonyl (C=O) groups is 2. The largest absolute Gasteiger partial charge is 0.416 e. The van der Waals surface area contributed by atoms with Crippen molar-refractivity contribution in [3.05, 3.63) is 64.7 Å². The fraction of sp³-hybridized carbons (Fsp3) is 0.462. The van der Waals surface area contributed by atoms with E-state index in [1.54, 1.807) is 18.2 Å². The van der Waals surface area contributed by atoms with Gasteiger partial charge in [0.05, 0.1) is 5.56 Å². The summed E-state index contributed by atoms with van der Waals surface area (Å²) in [6.07, 6.45) is -1.07. The van der Waals surface area contributed by atoms with Gasteiger partial charge < -0.3 is 15.5 Å². The molecular formula is C26H31F3N4O2. The zero-order valence-electron chi connectivity index (χ0n) is 19.7. The van der Waals surface area contributed by atoms with E-state index in [0.717, 1.165) is 56.1 Å². The van der Waals surface area contributed by atoms with E-state index in [0.29, 0.717) is 43.9 Å². The number of carbonyl (C=O) groups excluding carboxylic acids is 2. The number of fused-ring (bicyclic) bond motifs is 1. The van der Waals surface area contributed by atoms with E-state index in [1.165, 1.54) is 12.1 Å². The highest BCUT2D eigenvalue weighted by atomic mass is 19.4. The summed E-state index contributed by atoms with van der Waals surface area (Å²) in [6.45, 7) is 5.05. The van der Waals surface area contributed by atoms with Crippen LogP contribution in [0.3, 0.4) is 0 Å². The van der Waals surface area contributed by atoms with E-state index < -0.39 is 17.6 Å². The Morgan fingerprint density at radius 2 is 1.63 bits per heavy atom. The van der Waals surface area contributed by atoms with Gasteiger partial charge in [-0.1, -0.05) is 18.6 Å². The second kappa shape index (κ2) is 10.7. The van der Waals surface area contributed by atoms with E-state index in [9.17, 15) is 22.8 Å². The molecule has 0 bridgehead atoms. The standard InChI is InChI=1S/C26H31F3N4O2/c27-26(28,29)22-5-4-6-23(16-22)32-13-11-31(12-14-32)10-3-1-2-7-24(34)33-17-20-9-8-19(25(30)35)15-21(20)18-33/h4-6,8-9,15-16H,1-3,7,10-14,17-18H2,(H2,30,35). The molecule has 9 heteroatoms. The molecule has 2 aliphatic heterocycles. The lowest BCUT2D eigenvalue weighted by Gasteiger charge is -2.36. The molecule has 0 spiro atoms. The molecule has 0 atom stereocenters. The minimum atomic E-state index is -4.33. The lowest BCUT2D eigenvalue weighted by molar-refractivity contribution is -0.137. The summed E-state index contributed by atoms with van der Waals surface area (Å²) in [5, 5.41) is 0. The van der Waals surface area contributed by atoms with Gasteiger partial charge in [-0.25, -0.2) is 0 Å². The molecule has 2 aromatic carbocycles. The Balaban J connectivity index is 1.13. The summed E-state index contributed by atoms with van der Waals surface area (Å²) < 4.78 is 38.9. The van der Waals surface area contributed by atoms with Gasteiger partial charge >= 0.3 is 6.18 Å². The van der Waals surface area contributed by atoms with Crippen LogP contribution in [0.1, 0.15) is 52.7 Å². The molecule has 0 unspecified atom stereocenters. The number of rotatable bonds is 8. The highest BCUT2D eigenvalue weighted by Gasteiger charge is 2.31. The second-order valence-corrected chi connectivity index (χ2v) is 9.28. The summed E-state index contributed by atoms with van der Waals surface area (Å²) in [7, 11) is 0. The van der Waals surface area contributed by atoms with E-state index in [2.05, 4.69) is 4.90 Å². The Hall–Kier alpha value is -3.07. The highest BCUT2D eigenvalue weighted by Crippen LogP contribution is 2.32. The van der Waals surface area contributed by atoms with E-state index in [4.69, 9.17) is 5.73 Å². The van der Waals surface area contributed by atoms with Crippen LogP contribution < -0.4 is 10.6 Å². The third-order valence-corrected chi connectivity index (χ3v) is 6.84. The number of anilines is 1. The number of hydrogen-bond donors (Lipinski definition) is 1. The molecule has 0 saturated carbocycles. The maximum Gasteiger partial charge on any atom is 0.416 e. The lowest BCUT2D eigenvalue weighted by Crippen LogP contribution is -2.46. The molecule has 1 fully saturated rings. The molecular weight excluding hydrogens is 457 g/mol. The minimum absolute atomic E-state index is 0.122. The molecule has 0 radical (unpaired) electrons. The molecule has 2 heterocycles. The summed E-state index contributed by atoms with van der Waals surface area (Å²) in [6, 6.07) is 10.9. The van der Waals surface area contributed by atoms with Crippen molar-refractivity contribution in [2.24, 2.45) is 5.73 Å². The van der Waals surface area contributed by atoms with Crippen LogP contribution in [0.2, 0.25) is 0 Å². The zero-order chi connectivity index (χ0) is 25.0. The van der Waals surface area contributed by atoms with Crippen LogP contribution in [0.4, 0.5) is 18.9 Å². The van der Waals surface area contributed by atoms with Crippen LogP contribution in [0.25, 0.3) is 0 Å². The first kappa shape index (κ1) is 25.0. The van der Waals surface area contributed by atoms with Crippen molar-refractivity contribution in [2.75, 3.05) is 37.6 Å². The van der Waals surface area contributed by atoms with Gasteiger partial charge in [0.15, 0.2) is 0 Å². The normalized spacial score (nSPS) is 16.4. The fourth-order valence-electron chi connectivity index (χ4n) is 4.78. The van der Waals surface area contributed by atoms with Gasteiger partial charge in [0, 0.05) is 56.9 Å². The number of piperazine rings is 1. The van der Waals surface area contributed by atoms with Crippen LogP contribution in [0, 0.1) is 0 Å². The number of hydrogen-bond acceptors (Lipinski definition) is 4. The summed E-state index contributed by atoms with van der Waals surface area (Å²) >= 11 is 0. The quantitative estimate of drug-likeness (QED) is 0.570. The molecule has 35 heavy (non-hydrogen) atoms. The summed E-state index contributed by atoms with van der Waals surface area (Å²) in [4.78, 5) is 30.1. The second-order valence-electron chi connectivity index (χ2n) is 9.28. The fourth-order valence-corrected chi connectivity index (χ4v) is 4.78.